The second-order valence-electron chi connectivity index (χ2n) is 6.05. The Labute approximate surface area is 127 Å². The number of methoxy groups -OCH3 is 1. The van der Waals surface area contributed by atoms with Crippen LogP contribution in [0.25, 0.3) is 0 Å². The van der Waals surface area contributed by atoms with E-state index in [1.54, 1.807) is 7.11 Å². The van der Waals surface area contributed by atoms with Crippen LogP contribution in [0.1, 0.15) is 31.7 Å². The molecule has 2 rings (SSSR count). The molecule has 0 aliphatic carbocycles. The van der Waals surface area contributed by atoms with Crippen molar-refractivity contribution in [1.29, 1.82) is 0 Å². The monoisotopic (exact) mass is 293 g/mol. The van der Waals surface area contributed by atoms with Crippen molar-refractivity contribution in [3.05, 3.63) is 29.8 Å². The molecule has 1 saturated heterocycles. The largest absolute Gasteiger partial charge is 0.497 e. The second kappa shape index (κ2) is 7.78. The van der Waals surface area contributed by atoms with Crippen LogP contribution in [0.2, 0.25) is 0 Å². The van der Waals surface area contributed by atoms with Crippen LogP contribution in [-0.2, 0) is 4.74 Å². The highest BCUT2D eigenvalue weighted by Gasteiger charge is 2.25. The number of hydrogen-bond acceptors (Lipinski definition) is 4. The fourth-order valence-electron chi connectivity index (χ4n) is 2.80. The normalized spacial score (nSPS) is 20.9. The molecule has 1 heterocycles. The fraction of sp³-hybridized carbons (Fsp3) is 0.647. The Kier molecular flexibility index (Phi) is 6.03. The molecule has 0 radical (unpaired) electrons. The maximum absolute atomic E-state index is 10.0. The van der Waals surface area contributed by atoms with E-state index in [0.29, 0.717) is 19.1 Å². The molecule has 1 aliphatic rings. The van der Waals surface area contributed by atoms with E-state index >= 15 is 0 Å². The number of ether oxygens (including phenoxy) is 2. The molecule has 118 valence electrons. The molecule has 1 fully saturated rings. The number of likely N-dealkylation sites (tertiary alicyclic amines) is 1. The molecule has 4 nitrogen and oxygen atoms in total. The van der Waals surface area contributed by atoms with Gasteiger partial charge in [0.1, 0.15) is 5.75 Å². The van der Waals surface area contributed by atoms with Gasteiger partial charge in [0, 0.05) is 13.1 Å². The van der Waals surface area contributed by atoms with Gasteiger partial charge in [-0.15, -0.1) is 0 Å². The zero-order valence-corrected chi connectivity index (χ0v) is 13.3. The van der Waals surface area contributed by atoms with Crippen molar-refractivity contribution < 1.29 is 14.6 Å². The van der Waals surface area contributed by atoms with Crippen LogP contribution in [0.4, 0.5) is 0 Å². The van der Waals surface area contributed by atoms with Crippen LogP contribution in [0.3, 0.4) is 0 Å². The Morgan fingerprint density at radius 2 is 2.00 bits per heavy atom. The van der Waals surface area contributed by atoms with Crippen LogP contribution < -0.4 is 4.74 Å². The molecule has 1 aromatic carbocycles. The van der Waals surface area contributed by atoms with Gasteiger partial charge in [-0.3, -0.25) is 0 Å². The molecular weight excluding hydrogens is 266 g/mol. The maximum atomic E-state index is 10.0. The Morgan fingerprint density at radius 3 is 2.62 bits per heavy atom. The van der Waals surface area contributed by atoms with Crippen molar-refractivity contribution in [3.63, 3.8) is 0 Å². The number of aliphatic hydroxyl groups excluding tert-OH is 1. The van der Waals surface area contributed by atoms with Gasteiger partial charge >= 0.3 is 0 Å². The number of β-amino-alcohol motifs (C(OH)–C–C–N with tert-alkyl or cyclic N) is 1. The minimum Gasteiger partial charge on any atom is -0.497 e. The van der Waals surface area contributed by atoms with Crippen molar-refractivity contribution >= 4 is 0 Å². The molecule has 0 bridgehead atoms. The zero-order chi connectivity index (χ0) is 15.2. The summed E-state index contributed by atoms with van der Waals surface area (Å²) in [5.41, 5.74) is 1.35. The third-order valence-corrected chi connectivity index (χ3v) is 3.95. The fourth-order valence-corrected chi connectivity index (χ4v) is 2.80. The van der Waals surface area contributed by atoms with Crippen molar-refractivity contribution in [2.24, 2.45) is 0 Å². The number of benzene rings is 1. The topological polar surface area (TPSA) is 41.9 Å². The summed E-state index contributed by atoms with van der Waals surface area (Å²) < 4.78 is 10.7. The van der Waals surface area contributed by atoms with Crippen LogP contribution >= 0.6 is 0 Å². The van der Waals surface area contributed by atoms with Crippen molar-refractivity contribution in [2.45, 2.75) is 38.4 Å². The van der Waals surface area contributed by atoms with Gasteiger partial charge < -0.3 is 19.5 Å². The van der Waals surface area contributed by atoms with E-state index in [4.69, 9.17) is 9.47 Å². The lowest BCUT2D eigenvalue weighted by molar-refractivity contribution is -0.00594. The Balaban J connectivity index is 1.79. The molecule has 0 amide bonds. The van der Waals surface area contributed by atoms with E-state index in [9.17, 15) is 5.11 Å². The summed E-state index contributed by atoms with van der Waals surface area (Å²) in [4.78, 5) is 2.32. The predicted octanol–water partition coefficient (Wildman–Crippen LogP) is 2.27. The lowest BCUT2D eigenvalue weighted by Crippen LogP contribution is -2.34. The zero-order valence-electron chi connectivity index (χ0n) is 13.3. The highest BCUT2D eigenvalue weighted by atomic mass is 16.5. The SMILES string of the molecule is COc1ccc(C2CCN(CC(O)COC(C)C)C2)cc1. The molecule has 4 heteroatoms. The lowest BCUT2D eigenvalue weighted by atomic mass is 9.98. The van der Waals surface area contributed by atoms with Crippen LogP contribution in [0.5, 0.6) is 5.75 Å². The van der Waals surface area contributed by atoms with E-state index < -0.39 is 6.10 Å². The lowest BCUT2D eigenvalue weighted by Gasteiger charge is -2.21. The summed E-state index contributed by atoms with van der Waals surface area (Å²) in [5.74, 6) is 1.45. The molecule has 2 unspecified atom stereocenters. The van der Waals surface area contributed by atoms with E-state index in [0.717, 1.165) is 25.3 Å². The number of aliphatic hydroxyl groups is 1. The quantitative estimate of drug-likeness (QED) is 0.837. The van der Waals surface area contributed by atoms with Crippen molar-refractivity contribution in [2.75, 3.05) is 33.4 Å². The highest BCUT2D eigenvalue weighted by Crippen LogP contribution is 2.28. The summed E-state index contributed by atoms with van der Waals surface area (Å²) in [6, 6.07) is 8.32. The molecule has 1 aliphatic heterocycles. The number of nitrogens with zero attached hydrogens (tertiary/aromatic N) is 1. The van der Waals surface area contributed by atoms with Gasteiger partial charge in [0.25, 0.3) is 0 Å². The van der Waals surface area contributed by atoms with E-state index in [1.165, 1.54) is 5.56 Å². The maximum Gasteiger partial charge on any atom is 0.118 e. The molecule has 1 aromatic rings. The van der Waals surface area contributed by atoms with Crippen LogP contribution in [0, 0.1) is 0 Å². The summed E-state index contributed by atoms with van der Waals surface area (Å²) >= 11 is 0. The van der Waals surface area contributed by atoms with Gasteiger partial charge in [-0.05, 0) is 50.4 Å². The van der Waals surface area contributed by atoms with Gasteiger partial charge in [-0.1, -0.05) is 12.1 Å². The van der Waals surface area contributed by atoms with Gasteiger partial charge in [0.05, 0.1) is 25.9 Å². The molecule has 0 aromatic heterocycles. The minimum absolute atomic E-state index is 0.172. The molecule has 2 atom stereocenters. The first-order valence-corrected chi connectivity index (χ1v) is 7.74. The predicted molar refractivity (Wildman–Crippen MR) is 83.9 cm³/mol. The number of hydrogen-bond donors (Lipinski definition) is 1. The third kappa shape index (κ3) is 4.99. The first kappa shape index (κ1) is 16.3. The molecular formula is C17H27NO3. The smallest absolute Gasteiger partial charge is 0.118 e. The summed E-state index contributed by atoms with van der Waals surface area (Å²) in [6.07, 6.45) is 0.914. The number of rotatable bonds is 7. The minimum atomic E-state index is -0.401. The molecule has 1 N–H and O–H groups in total. The second-order valence-corrected chi connectivity index (χ2v) is 6.05. The third-order valence-electron chi connectivity index (χ3n) is 3.95. The van der Waals surface area contributed by atoms with Crippen molar-refractivity contribution in [3.8, 4) is 5.75 Å². The van der Waals surface area contributed by atoms with Crippen LogP contribution in [0.15, 0.2) is 24.3 Å². The Hall–Kier alpha value is -1.10. The summed E-state index contributed by atoms with van der Waals surface area (Å²) in [7, 11) is 1.69. The molecule has 0 spiro atoms. The van der Waals surface area contributed by atoms with Crippen molar-refractivity contribution in [1.82, 2.24) is 4.90 Å². The first-order chi connectivity index (χ1) is 10.1. The standard InChI is InChI=1S/C17H27NO3/c1-13(2)21-12-16(19)11-18-9-8-15(10-18)14-4-6-17(20-3)7-5-14/h4-7,13,15-16,19H,8-12H2,1-3H3. The first-order valence-electron chi connectivity index (χ1n) is 7.74. The Bertz CT molecular complexity index is 419. The van der Waals surface area contributed by atoms with Gasteiger partial charge in [-0.25, -0.2) is 0 Å². The Morgan fingerprint density at radius 1 is 1.29 bits per heavy atom. The van der Waals surface area contributed by atoms with E-state index in [1.807, 2.05) is 26.0 Å². The van der Waals surface area contributed by atoms with E-state index in [2.05, 4.69) is 17.0 Å². The summed E-state index contributed by atoms with van der Waals surface area (Å²) in [6.45, 7) is 7.13. The van der Waals surface area contributed by atoms with E-state index in [-0.39, 0.29) is 6.10 Å². The average Bonchev–Trinajstić information content (AvgIpc) is 2.93. The van der Waals surface area contributed by atoms with Crippen LogP contribution in [-0.4, -0.2) is 55.6 Å². The van der Waals surface area contributed by atoms with Gasteiger partial charge in [0.2, 0.25) is 0 Å². The highest BCUT2D eigenvalue weighted by molar-refractivity contribution is 5.30. The average molecular weight is 293 g/mol. The molecule has 0 saturated carbocycles. The summed E-state index contributed by atoms with van der Waals surface area (Å²) in [5, 5.41) is 10.0. The molecule has 21 heavy (non-hydrogen) atoms. The van der Waals surface area contributed by atoms with Gasteiger partial charge in [0.15, 0.2) is 0 Å². The van der Waals surface area contributed by atoms with Gasteiger partial charge in [-0.2, -0.15) is 0 Å².